The van der Waals surface area contributed by atoms with Crippen molar-refractivity contribution in [2.45, 2.75) is 25.4 Å². The van der Waals surface area contributed by atoms with Crippen molar-refractivity contribution in [1.82, 2.24) is 9.88 Å². The van der Waals surface area contributed by atoms with E-state index in [2.05, 4.69) is 29.9 Å². The van der Waals surface area contributed by atoms with Gasteiger partial charge in [0.25, 0.3) is 0 Å². The molecule has 0 aliphatic carbocycles. The van der Waals surface area contributed by atoms with Gasteiger partial charge in [0.1, 0.15) is 0 Å². The Labute approximate surface area is 104 Å². The van der Waals surface area contributed by atoms with Gasteiger partial charge in [-0.2, -0.15) is 0 Å². The summed E-state index contributed by atoms with van der Waals surface area (Å²) in [5.74, 6) is 0. The molecule has 0 fully saturated rings. The first-order valence-corrected chi connectivity index (χ1v) is 5.97. The van der Waals surface area contributed by atoms with Crippen LogP contribution >= 0.6 is 0 Å². The number of hydrogen-bond donors (Lipinski definition) is 1. The molecule has 0 aliphatic rings. The highest BCUT2D eigenvalue weighted by Gasteiger charge is 2.31. The van der Waals surface area contributed by atoms with Crippen molar-refractivity contribution in [2.75, 3.05) is 27.3 Å². The molecule has 0 bridgehead atoms. The van der Waals surface area contributed by atoms with Crippen LogP contribution in [-0.4, -0.2) is 42.7 Å². The minimum Gasteiger partial charge on any atom is -0.383 e. The Morgan fingerprint density at radius 2 is 2.29 bits per heavy atom. The lowest BCUT2D eigenvalue weighted by molar-refractivity contribution is 0.0233. The standard InChI is InChI=1S/C13H23N3O/c1-4-13(10-14,11-17-3)16(2)9-12-6-5-7-15-8-12/h5-8H,4,9-11,14H2,1-3H3. The fraction of sp³-hybridized carbons (Fsp3) is 0.615. The molecular formula is C13H23N3O. The number of ether oxygens (including phenoxy) is 1. The molecule has 0 radical (unpaired) electrons. The van der Waals surface area contributed by atoms with Crippen molar-refractivity contribution in [1.29, 1.82) is 0 Å². The van der Waals surface area contributed by atoms with Crippen molar-refractivity contribution in [2.24, 2.45) is 5.73 Å². The van der Waals surface area contributed by atoms with E-state index in [9.17, 15) is 0 Å². The summed E-state index contributed by atoms with van der Waals surface area (Å²) < 4.78 is 5.31. The van der Waals surface area contributed by atoms with Crippen LogP contribution in [0, 0.1) is 0 Å². The summed E-state index contributed by atoms with van der Waals surface area (Å²) in [5, 5.41) is 0. The van der Waals surface area contributed by atoms with Gasteiger partial charge in [0.15, 0.2) is 0 Å². The van der Waals surface area contributed by atoms with Crippen LogP contribution in [0.15, 0.2) is 24.5 Å². The lowest BCUT2D eigenvalue weighted by Crippen LogP contribution is -2.54. The first-order chi connectivity index (χ1) is 8.18. The highest BCUT2D eigenvalue weighted by molar-refractivity contribution is 5.09. The summed E-state index contributed by atoms with van der Waals surface area (Å²) in [6.45, 7) is 4.22. The fourth-order valence-electron chi connectivity index (χ4n) is 2.04. The van der Waals surface area contributed by atoms with Crippen molar-refractivity contribution in [3.8, 4) is 0 Å². The Kier molecular flexibility index (Phi) is 5.55. The van der Waals surface area contributed by atoms with Crippen LogP contribution in [0.25, 0.3) is 0 Å². The van der Waals surface area contributed by atoms with E-state index in [4.69, 9.17) is 10.5 Å². The maximum absolute atomic E-state index is 5.92. The van der Waals surface area contributed by atoms with Crippen LogP contribution in [0.3, 0.4) is 0 Å². The summed E-state index contributed by atoms with van der Waals surface area (Å²) in [4.78, 5) is 6.39. The van der Waals surface area contributed by atoms with E-state index in [0.29, 0.717) is 13.2 Å². The number of likely N-dealkylation sites (N-methyl/N-ethyl adjacent to an activating group) is 1. The molecule has 0 saturated heterocycles. The Balaban J connectivity index is 2.75. The second kappa shape index (κ2) is 6.69. The molecule has 1 atom stereocenters. The second-order valence-corrected chi connectivity index (χ2v) is 4.43. The molecule has 0 aromatic carbocycles. The van der Waals surface area contributed by atoms with Crippen molar-refractivity contribution in [3.63, 3.8) is 0 Å². The van der Waals surface area contributed by atoms with Gasteiger partial charge in [-0.05, 0) is 25.1 Å². The molecule has 1 heterocycles. The van der Waals surface area contributed by atoms with Gasteiger partial charge in [-0.15, -0.1) is 0 Å². The van der Waals surface area contributed by atoms with Gasteiger partial charge in [-0.3, -0.25) is 9.88 Å². The molecule has 4 nitrogen and oxygen atoms in total. The largest absolute Gasteiger partial charge is 0.383 e. The van der Waals surface area contributed by atoms with E-state index in [1.54, 1.807) is 13.3 Å². The van der Waals surface area contributed by atoms with Gasteiger partial charge in [0.05, 0.1) is 12.1 Å². The maximum atomic E-state index is 5.92. The van der Waals surface area contributed by atoms with E-state index in [0.717, 1.165) is 13.0 Å². The van der Waals surface area contributed by atoms with Gasteiger partial charge in [-0.1, -0.05) is 13.0 Å². The minimum absolute atomic E-state index is 0.0927. The third-order valence-electron chi connectivity index (χ3n) is 3.40. The van der Waals surface area contributed by atoms with E-state index in [-0.39, 0.29) is 5.54 Å². The van der Waals surface area contributed by atoms with Gasteiger partial charge in [0.2, 0.25) is 0 Å². The van der Waals surface area contributed by atoms with E-state index >= 15 is 0 Å². The van der Waals surface area contributed by atoms with Gasteiger partial charge < -0.3 is 10.5 Å². The first kappa shape index (κ1) is 14.1. The monoisotopic (exact) mass is 237 g/mol. The zero-order chi connectivity index (χ0) is 12.7. The Hall–Kier alpha value is -0.970. The SMILES string of the molecule is CCC(CN)(COC)N(C)Cc1cccnc1. The topological polar surface area (TPSA) is 51.4 Å². The number of rotatable bonds is 7. The van der Waals surface area contributed by atoms with Gasteiger partial charge >= 0.3 is 0 Å². The molecule has 2 N–H and O–H groups in total. The molecule has 0 saturated carbocycles. The lowest BCUT2D eigenvalue weighted by atomic mass is 9.95. The Morgan fingerprint density at radius 1 is 1.53 bits per heavy atom. The molecular weight excluding hydrogens is 214 g/mol. The number of aromatic nitrogens is 1. The quantitative estimate of drug-likeness (QED) is 0.776. The second-order valence-electron chi connectivity index (χ2n) is 4.43. The van der Waals surface area contributed by atoms with Gasteiger partial charge in [-0.25, -0.2) is 0 Å². The van der Waals surface area contributed by atoms with Crippen molar-refractivity contribution >= 4 is 0 Å². The molecule has 0 spiro atoms. The number of nitrogens with two attached hydrogens (primary N) is 1. The van der Waals surface area contributed by atoms with Crippen LogP contribution in [0.1, 0.15) is 18.9 Å². The summed E-state index contributed by atoms with van der Waals surface area (Å²) in [5.41, 5.74) is 7.02. The molecule has 1 rings (SSSR count). The van der Waals surface area contributed by atoms with Gasteiger partial charge in [0, 0.05) is 32.6 Å². The molecule has 1 aromatic rings. The first-order valence-electron chi connectivity index (χ1n) is 5.97. The Bertz CT molecular complexity index is 312. The van der Waals surface area contributed by atoms with Crippen LogP contribution in [0.2, 0.25) is 0 Å². The predicted octanol–water partition coefficient (Wildman–Crippen LogP) is 1.27. The van der Waals surface area contributed by atoms with Crippen LogP contribution in [0.5, 0.6) is 0 Å². The van der Waals surface area contributed by atoms with Crippen LogP contribution in [0.4, 0.5) is 0 Å². The molecule has 96 valence electrons. The highest BCUT2D eigenvalue weighted by atomic mass is 16.5. The summed E-state index contributed by atoms with van der Waals surface area (Å²) >= 11 is 0. The fourth-order valence-corrected chi connectivity index (χ4v) is 2.04. The van der Waals surface area contributed by atoms with Crippen LogP contribution in [-0.2, 0) is 11.3 Å². The number of methoxy groups -OCH3 is 1. The molecule has 1 aromatic heterocycles. The number of pyridine rings is 1. The maximum Gasteiger partial charge on any atom is 0.0658 e. The third kappa shape index (κ3) is 3.49. The lowest BCUT2D eigenvalue weighted by Gasteiger charge is -2.40. The average molecular weight is 237 g/mol. The zero-order valence-corrected chi connectivity index (χ0v) is 11.0. The number of hydrogen-bond acceptors (Lipinski definition) is 4. The zero-order valence-electron chi connectivity index (χ0n) is 11.0. The normalized spacial score (nSPS) is 14.9. The summed E-state index contributed by atoms with van der Waals surface area (Å²) in [7, 11) is 3.81. The predicted molar refractivity (Wildman–Crippen MR) is 69.7 cm³/mol. The number of nitrogens with zero attached hydrogens (tertiary/aromatic N) is 2. The Morgan fingerprint density at radius 3 is 2.76 bits per heavy atom. The smallest absolute Gasteiger partial charge is 0.0658 e. The molecule has 17 heavy (non-hydrogen) atoms. The highest BCUT2D eigenvalue weighted by Crippen LogP contribution is 2.19. The van der Waals surface area contributed by atoms with Crippen molar-refractivity contribution < 1.29 is 4.74 Å². The summed E-state index contributed by atoms with van der Waals surface area (Å²) in [6, 6.07) is 4.03. The van der Waals surface area contributed by atoms with Crippen molar-refractivity contribution in [3.05, 3.63) is 30.1 Å². The van der Waals surface area contributed by atoms with E-state index in [1.165, 1.54) is 5.56 Å². The average Bonchev–Trinajstić information content (AvgIpc) is 2.37. The molecule has 0 aliphatic heterocycles. The summed E-state index contributed by atoms with van der Waals surface area (Å²) in [6.07, 6.45) is 4.64. The minimum atomic E-state index is -0.0927. The van der Waals surface area contributed by atoms with Crippen LogP contribution < -0.4 is 5.73 Å². The van der Waals surface area contributed by atoms with E-state index in [1.807, 2.05) is 12.3 Å². The molecule has 4 heteroatoms. The van der Waals surface area contributed by atoms with E-state index < -0.39 is 0 Å². The molecule has 1 unspecified atom stereocenters. The third-order valence-corrected chi connectivity index (χ3v) is 3.40. The molecule has 0 amide bonds.